The van der Waals surface area contributed by atoms with Crippen LogP contribution in [0.25, 0.3) is 5.69 Å². The number of anilines is 1. The summed E-state index contributed by atoms with van der Waals surface area (Å²) in [6.07, 6.45) is -15.7. The lowest BCUT2D eigenvalue weighted by Crippen LogP contribution is -2.28. The summed E-state index contributed by atoms with van der Waals surface area (Å²) >= 11 is 5.75. The van der Waals surface area contributed by atoms with Crippen molar-refractivity contribution >= 4 is 23.1 Å². The molecule has 1 aliphatic rings. The standard InChI is InChI=1S/C18H11ClF10N4/c1-6-2-3-10(17(24,25)26)31-14(18(27,28)29)11-12(6)32-33(15(11)30)13-8(19)4-7(5-9(13)20)16(21,22)23/h3-6H,2,30H2,1H3. The van der Waals surface area contributed by atoms with Crippen molar-refractivity contribution in [1.29, 1.82) is 0 Å². The van der Waals surface area contributed by atoms with Gasteiger partial charge < -0.3 is 5.73 Å². The molecule has 1 aromatic carbocycles. The van der Waals surface area contributed by atoms with Gasteiger partial charge in [-0.3, -0.25) is 0 Å². The number of allylic oxidation sites excluding steroid dienone is 2. The van der Waals surface area contributed by atoms with Crippen LogP contribution in [0.3, 0.4) is 0 Å². The zero-order chi connectivity index (χ0) is 25.1. The van der Waals surface area contributed by atoms with E-state index in [9.17, 15) is 43.9 Å². The normalized spacial score (nSPS) is 17.8. The molecule has 0 radical (unpaired) electrons. The first-order chi connectivity index (χ1) is 14.9. The minimum Gasteiger partial charge on any atom is -0.383 e. The maximum atomic E-state index is 14.6. The van der Waals surface area contributed by atoms with Crippen molar-refractivity contribution in [2.24, 2.45) is 4.99 Å². The molecule has 0 aliphatic carbocycles. The first-order valence-corrected chi connectivity index (χ1v) is 9.19. The minimum atomic E-state index is -5.44. The molecule has 0 saturated heterocycles. The van der Waals surface area contributed by atoms with E-state index in [0.29, 0.717) is 16.8 Å². The Morgan fingerprint density at radius 3 is 2.09 bits per heavy atom. The van der Waals surface area contributed by atoms with Crippen molar-refractivity contribution in [1.82, 2.24) is 9.78 Å². The Labute approximate surface area is 183 Å². The Balaban J connectivity index is 2.33. The Morgan fingerprint density at radius 2 is 1.61 bits per heavy atom. The van der Waals surface area contributed by atoms with Gasteiger partial charge in [0.25, 0.3) is 0 Å². The average Bonchev–Trinajstić information content (AvgIpc) is 2.93. The van der Waals surface area contributed by atoms with Gasteiger partial charge in [0.1, 0.15) is 17.2 Å². The van der Waals surface area contributed by atoms with E-state index >= 15 is 0 Å². The molecule has 4 nitrogen and oxygen atoms in total. The van der Waals surface area contributed by atoms with Gasteiger partial charge in [-0.2, -0.15) is 44.6 Å². The molecule has 1 atom stereocenters. The van der Waals surface area contributed by atoms with E-state index < -0.39 is 81.4 Å². The number of nitrogen functional groups attached to an aromatic ring is 1. The van der Waals surface area contributed by atoms with E-state index in [0.717, 1.165) is 0 Å². The van der Waals surface area contributed by atoms with Gasteiger partial charge >= 0.3 is 18.5 Å². The van der Waals surface area contributed by atoms with Gasteiger partial charge in [0, 0.05) is 5.92 Å². The Hall–Kier alpha value is -2.77. The summed E-state index contributed by atoms with van der Waals surface area (Å²) in [5.74, 6) is -3.72. The number of alkyl halides is 9. The highest BCUT2D eigenvalue weighted by Gasteiger charge is 2.45. The molecule has 2 aromatic rings. The summed E-state index contributed by atoms with van der Waals surface area (Å²) in [7, 11) is 0. The van der Waals surface area contributed by atoms with Gasteiger partial charge in [-0.15, -0.1) is 0 Å². The second-order valence-corrected chi connectivity index (χ2v) is 7.43. The van der Waals surface area contributed by atoms with Gasteiger partial charge in [-0.1, -0.05) is 24.6 Å². The third-order valence-corrected chi connectivity index (χ3v) is 4.95. The van der Waals surface area contributed by atoms with Gasteiger partial charge in [0.15, 0.2) is 11.5 Å². The lowest BCUT2D eigenvalue weighted by atomic mass is 9.95. The van der Waals surface area contributed by atoms with Crippen molar-refractivity contribution in [3.05, 3.63) is 51.6 Å². The predicted molar refractivity (Wildman–Crippen MR) is 97.7 cm³/mol. The summed E-state index contributed by atoms with van der Waals surface area (Å²) in [4.78, 5) is 2.73. The molecule has 3 rings (SSSR count). The molecule has 1 unspecified atom stereocenters. The fourth-order valence-electron chi connectivity index (χ4n) is 3.14. The Kier molecular flexibility index (Phi) is 5.97. The molecule has 2 heterocycles. The van der Waals surface area contributed by atoms with Crippen LogP contribution in [0.4, 0.5) is 49.7 Å². The number of nitrogens with two attached hydrogens (primary N) is 1. The SMILES string of the molecule is CC1CC=C(C(F)(F)F)N=C(C(F)(F)F)c2c1nn(-c1c(F)cc(C(F)(F)F)cc1Cl)c2N. The highest BCUT2D eigenvalue weighted by molar-refractivity contribution is 6.32. The predicted octanol–water partition coefficient (Wildman–Crippen LogP) is 6.57. The van der Waals surface area contributed by atoms with E-state index in [1.807, 2.05) is 0 Å². The van der Waals surface area contributed by atoms with Crippen LogP contribution in [0.2, 0.25) is 5.02 Å². The summed E-state index contributed by atoms with van der Waals surface area (Å²) in [5, 5.41) is 2.87. The number of hydrogen-bond acceptors (Lipinski definition) is 3. The quantitative estimate of drug-likeness (QED) is 0.443. The number of aromatic nitrogens is 2. The monoisotopic (exact) mass is 508 g/mol. The highest BCUT2D eigenvalue weighted by Crippen LogP contribution is 2.41. The van der Waals surface area contributed by atoms with Crippen LogP contribution in [0.1, 0.15) is 36.1 Å². The second-order valence-electron chi connectivity index (χ2n) is 7.03. The number of benzene rings is 1. The number of rotatable bonds is 1. The highest BCUT2D eigenvalue weighted by atomic mass is 35.5. The van der Waals surface area contributed by atoms with Crippen LogP contribution in [0.5, 0.6) is 0 Å². The Bertz CT molecular complexity index is 1130. The number of hydrogen-bond donors (Lipinski definition) is 1. The lowest BCUT2D eigenvalue weighted by molar-refractivity contribution is -0.137. The number of halogens is 11. The number of fused-ring (bicyclic) bond motifs is 1. The number of aliphatic imine (C=N–C) groups is 1. The first-order valence-electron chi connectivity index (χ1n) is 8.81. The van der Waals surface area contributed by atoms with E-state index in [1.54, 1.807) is 0 Å². The Morgan fingerprint density at radius 1 is 1.00 bits per heavy atom. The molecule has 1 aromatic heterocycles. The molecule has 0 bridgehead atoms. The molecule has 0 amide bonds. The lowest BCUT2D eigenvalue weighted by Gasteiger charge is -2.19. The van der Waals surface area contributed by atoms with Crippen molar-refractivity contribution in [3.63, 3.8) is 0 Å². The van der Waals surface area contributed by atoms with Crippen molar-refractivity contribution in [2.75, 3.05) is 5.73 Å². The summed E-state index contributed by atoms with van der Waals surface area (Å²) in [5.41, 5.74) is -2.09. The molecular formula is C18H11ClF10N4. The zero-order valence-electron chi connectivity index (χ0n) is 16.1. The van der Waals surface area contributed by atoms with Crippen LogP contribution in [-0.4, -0.2) is 27.8 Å². The summed E-state index contributed by atoms with van der Waals surface area (Å²) < 4.78 is 134. The zero-order valence-corrected chi connectivity index (χ0v) is 16.8. The molecule has 180 valence electrons. The molecule has 0 spiro atoms. The van der Waals surface area contributed by atoms with Crippen LogP contribution < -0.4 is 5.73 Å². The molecule has 33 heavy (non-hydrogen) atoms. The maximum Gasteiger partial charge on any atom is 0.434 e. The van der Waals surface area contributed by atoms with E-state index in [-0.39, 0.29) is 6.07 Å². The van der Waals surface area contributed by atoms with Crippen LogP contribution in [0, 0.1) is 5.82 Å². The molecule has 0 saturated carbocycles. The fraction of sp³-hybridized carbons (Fsp3) is 0.333. The maximum absolute atomic E-state index is 14.6. The van der Waals surface area contributed by atoms with Crippen molar-refractivity contribution in [3.8, 4) is 5.69 Å². The molecule has 1 aliphatic heterocycles. The van der Waals surface area contributed by atoms with Crippen molar-refractivity contribution < 1.29 is 43.9 Å². The van der Waals surface area contributed by atoms with Gasteiger partial charge in [0.2, 0.25) is 0 Å². The second kappa shape index (κ2) is 7.92. The number of nitrogens with zero attached hydrogens (tertiary/aromatic N) is 3. The smallest absolute Gasteiger partial charge is 0.383 e. The molecule has 2 N–H and O–H groups in total. The van der Waals surface area contributed by atoms with Crippen LogP contribution in [-0.2, 0) is 6.18 Å². The van der Waals surface area contributed by atoms with E-state index in [1.165, 1.54) is 6.92 Å². The molecular weight excluding hydrogens is 498 g/mol. The molecule has 0 fully saturated rings. The summed E-state index contributed by atoms with van der Waals surface area (Å²) in [6.45, 7) is 1.24. The van der Waals surface area contributed by atoms with Gasteiger partial charge in [0.05, 0.1) is 21.8 Å². The molecule has 15 heteroatoms. The third-order valence-electron chi connectivity index (χ3n) is 4.66. The van der Waals surface area contributed by atoms with E-state index in [2.05, 4.69) is 10.1 Å². The summed E-state index contributed by atoms with van der Waals surface area (Å²) in [6, 6.07) is 0.343. The topological polar surface area (TPSA) is 56.2 Å². The third kappa shape index (κ3) is 4.66. The minimum absolute atomic E-state index is 0.0330. The first kappa shape index (κ1) is 24.9. The van der Waals surface area contributed by atoms with Gasteiger partial charge in [-0.25, -0.2) is 14.1 Å². The van der Waals surface area contributed by atoms with Crippen LogP contribution >= 0.6 is 11.6 Å². The van der Waals surface area contributed by atoms with Crippen molar-refractivity contribution in [2.45, 2.75) is 37.8 Å². The fourth-order valence-corrected chi connectivity index (χ4v) is 3.43. The van der Waals surface area contributed by atoms with Gasteiger partial charge in [-0.05, 0) is 18.6 Å². The largest absolute Gasteiger partial charge is 0.434 e. The average molecular weight is 509 g/mol. The van der Waals surface area contributed by atoms with Crippen LogP contribution in [0.15, 0.2) is 28.9 Å². The van der Waals surface area contributed by atoms with E-state index in [4.69, 9.17) is 17.3 Å².